The van der Waals surface area contributed by atoms with Crippen LogP contribution in [0.2, 0.25) is 0 Å². The Hall–Kier alpha value is -1.92. The minimum atomic E-state index is 0.305. The lowest BCUT2D eigenvalue weighted by molar-refractivity contribution is 0.136. The van der Waals surface area contributed by atoms with Gasteiger partial charge >= 0.3 is 0 Å². The molecule has 1 saturated heterocycles. The number of nitrogens with zero attached hydrogens (tertiary/aromatic N) is 4. The average molecular weight is 288 g/mol. The summed E-state index contributed by atoms with van der Waals surface area (Å²) in [7, 11) is 2.14. The van der Waals surface area contributed by atoms with E-state index in [1.807, 2.05) is 30.3 Å². The van der Waals surface area contributed by atoms with Gasteiger partial charge in [-0.2, -0.15) is 0 Å². The van der Waals surface area contributed by atoms with E-state index in [-0.39, 0.29) is 0 Å². The normalized spacial score (nSPS) is 17.0. The van der Waals surface area contributed by atoms with Gasteiger partial charge in [-0.1, -0.05) is 18.2 Å². The van der Waals surface area contributed by atoms with Crippen LogP contribution in [0.5, 0.6) is 5.75 Å². The Balaban J connectivity index is 1.49. The van der Waals surface area contributed by atoms with Gasteiger partial charge in [-0.05, 0) is 19.2 Å². The van der Waals surface area contributed by atoms with Crippen LogP contribution >= 0.6 is 0 Å². The summed E-state index contributed by atoms with van der Waals surface area (Å²) in [5.74, 6) is 1.98. The lowest BCUT2D eigenvalue weighted by Gasteiger charge is -2.31. The third-order valence-electron chi connectivity index (χ3n) is 3.57. The SMILES string of the molecule is CN1CCN(Cc2nnc(COc3ccccc3)o2)CC1. The van der Waals surface area contributed by atoms with Crippen LogP contribution in [0.25, 0.3) is 0 Å². The number of rotatable bonds is 5. The van der Waals surface area contributed by atoms with E-state index in [1.54, 1.807) is 0 Å². The van der Waals surface area contributed by atoms with Gasteiger partial charge in [-0.15, -0.1) is 10.2 Å². The first kappa shape index (κ1) is 14.0. The van der Waals surface area contributed by atoms with Crippen LogP contribution < -0.4 is 4.74 Å². The molecule has 2 aromatic rings. The van der Waals surface area contributed by atoms with Crippen LogP contribution in [0.1, 0.15) is 11.8 Å². The van der Waals surface area contributed by atoms with Crippen LogP contribution in [0.15, 0.2) is 34.7 Å². The van der Waals surface area contributed by atoms with Crippen molar-refractivity contribution in [2.24, 2.45) is 0 Å². The van der Waals surface area contributed by atoms with Gasteiger partial charge < -0.3 is 14.1 Å². The molecule has 21 heavy (non-hydrogen) atoms. The van der Waals surface area contributed by atoms with E-state index < -0.39 is 0 Å². The molecule has 1 aromatic heterocycles. The molecule has 1 aliphatic rings. The summed E-state index contributed by atoms with van der Waals surface area (Å²) >= 11 is 0. The zero-order valence-corrected chi connectivity index (χ0v) is 12.2. The maximum absolute atomic E-state index is 5.63. The molecule has 0 spiro atoms. The second-order valence-corrected chi connectivity index (χ2v) is 5.27. The van der Waals surface area contributed by atoms with Gasteiger partial charge in [-0.3, -0.25) is 4.90 Å². The standard InChI is InChI=1S/C15H20N4O2/c1-18-7-9-19(10-8-18)11-14-16-17-15(21-14)12-20-13-5-3-2-4-6-13/h2-6H,7-12H2,1H3. The highest BCUT2D eigenvalue weighted by Crippen LogP contribution is 2.12. The fraction of sp³-hybridized carbons (Fsp3) is 0.467. The van der Waals surface area contributed by atoms with Crippen LogP contribution in [0.4, 0.5) is 0 Å². The van der Waals surface area contributed by atoms with Crippen LogP contribution in [0, 0.1) is 0 Å². The third-order valence-corrected chi connectivity index (χ3v) is 3.57. The number of piperazine rings is 1. The Morgan fingerprint density at radius 1 is 1.05 bits per heavy atom. The summed E-state index contributed by atoms with van der Waals surface area (Å²) in [4.78, 5) is 4.65. The second-order valence-electron chi connectivity index (χ2n) is 5.27. The molecule has 0 aliphatic carbocycles. The van der Waals surface area contributed by atoms with E-state index >= 15 is 0 Å². The second kappa shape index (κ2) is 6.69. The van der Waals surface area contributed by atoms with Crippen molar-refractivity contribution in [1.82, 2.24) is 20.0 Å². The quantitative estimate of drug-likeness (QED) is 0.829. The number of para-hydroxylation sites is 1. The Labute approximate surface area is 124 Å². The summed E-state index contributed by atoms with van der Waals surface area (Å²) in [6, 6.07) is 9.63. The van der Waals surface area contributed by atoms with Gasteiger partial charge in [0.1, 0.15) is 5.75 Å². The molecule has 6 heteroatoms. The fourth-order valence-corrected chi connectivity index (χ4v) is 2.27. The number of aromatic nitrogens is 2. The first-order valence-electron chi connectivity index (χ1n) is 7.19. The Morgan fingerprint density at radius 3 is 2.52 bits per heavy atom. The molecule has 112 valence electrons. The van der Waals surface area contributed by atoms with E-state index in [9.17, 15) is 0 Å². The van der Waals surface area contributed by atoms with Crippen molar-refractivity contribution >= 4 is 0 Å². The molecule has 1 aliphatic heterocycles. The van der Waals surface area contributed by atoms with Gasteiger partial charge in [0.2, 0.25) is 5.89 Å². The van der Waals surface area contributed by atoms with Crippen LogP contribution in [-0.2, 0) is 13.2 Å². The minimum Gasteiger partial charge on any atom is -0.484 e. The van der Waals surface area contributed by atoms with E-state index in [0.29, 0.717) is 24.9 Å². The monoisotopic (exact) mass is 288 g/mol. The zero-order valence-electron chi connectivity index (χ0n) is 12.2. The number of hydrogen-bond acceptors (Lipinski definition) is 6. The molecule has 0 saturated carbocycles. The smallest absolute Gasteiger partial charge is 0.253 e. The first-order chi connectivity index (χ1) is 10.3. The highest BCUT2D eigenvalue weighted by Gasteiger charge is 2.16. The van der Waals surface area contributed by atoms with Crippen LogP contribution in [0.3, 0.4) is 0 Å². The summed E-state index contributed by atoms with van der Waals surface area (Å²) in [5.41, 5.74) is 0. The molecule has 0 N–H and O–H groups in total. The third kappa shape index (κ3) is 4.03. The molecule has 0 bridgehead atoms. The molecule has 0 unspecified atom stereocenters. The maximum Gasteiger partial charge on any atom is 0.253 e. The Bertz CT molecular complexity index is 550. The molecule has 0 amide bonds. The van der Waals surface area contributed by atoms with Crippen molar-refractivity contribution in [3.05, 3.63) is 42.1 Å². The average Bonchev–Trinajstić information content (AvgIpc) is 2.96. The molecule has 1 aromatic carbocycles. The predicted molar refractivity (Wildman–Crippen MR) is 77.8 cm³/mol. The van der Waals surface area contributed by atoms with Crippen molar-refractivity contribution in [3.63, 3.8) is 0 Å². The number of hydrogen-bond donors (Lipinski definition) is 0. The van der Waals surface area contributed by atoms with Crippen molar-refractivity contribution in [3.8, 4) is 5.75 Å². The van der Waals surface area contributed by atoms with E-state index in [2.05, 4.69) is 27.0 Å². The number of ether oxygens (including phenoxy) is 1. The van der Waals surface area contributed by atoms with E-state index in [4.69, 9.17) is 9.15 Å². The summed E-state index contributed by atoms with van der Waals surface area (Å²) < 4.78 is 11.2. The lowest BCUT2D eigenvalue weighted by atomic mass is 10.3. The highest BCUT2D eigenvalue weighted by atomic mass is 16.5. The lowest BCUT2D eigenvalue weighted by Crippen LogP contribution is -2.43. The van der Waals surface area contributed by atoms with Gasteiger partial charge in [0.15, 0.2) is 6.61 Å². The fourth-order valence-electron chi connectivity index (χ4n) is 2.27. The molecule has 0 atom stereocenters. The predicted octanol–water partition coefficient (Wildman–Crippen LogP) is 1.40. The molecular formula is C15H20N4O2. The molecular weight excluding hydrogens is 268 g/mol. The topological polar surface area (TPSA) is 54.6 Å². The molecule has 1 fully saturated rings. The molecule has 2 heterocycles. The number of likely N-dealkylation sites (N-methyl/N-ethyl adjacent to an activating group) is 1. The molecule has 0 radical (unpaired) electrons. The molecule has 3 rings (SSSR count). The summed E-state index contributed by atoms with van der Waals surface area (Å²) in [6.45, 7) is 5.26. The van der Waals surface area contributed by atoms with Gasteiger partial charge in [-0.25, -0.2) is 0 Å². The van der Waals surface area contributed by atoms with Crippen molar-refractivity contribution < 1.29 is 9.15 Å². The summed E-state index contributed by atoms with van der Waals surface area (Å²) in [5, 5.41) is 8.12. The number of benzene rings is 1. The van der Waals surface area contributed by atoms with Crippen molar-refractivity contribution in [2.75, 3.05) is 33.2 Å². The van der Waals surface area contributed by atoms with Gasteiger partial charge in [0.25, 0.3) is 5.89 Å². The van der Waals surface area contributed by atoms with Gasteiger partial charge in [0, 0.05) is 26.2 Å². The Kier molecular flexibility index (Phi) is 4.47. The van der Waals surface area contributed by atoms with Crippen molar-refractivity contribution in [2.45, 2.75) is 13.2 Å². The zero-order chi connectivity index (χ0) is 14.5. The first-order valence-corrected chi connectivity index (χ1v) is 7.19. The maximum atomic E-state index is 5.63. The summed E-state index contributed by atoms with van der Waals surface area (Å²) in [6.07, 6.45) is 0. The van der Waals surface area contributed by atoms with E-state index in [1.165, 1.54) is 0 Å². The molecule has 6 nitrogen and oxygen atoms in total. The highest BCUT2D eigenvalue weighted by molar-refractivity contribution is 5.20. The van der Waals surface area contributed by atoms with Gasteiger partial charge in [0.05, 0.1) is 6.54 Å². The largest absolute Gasteiger partial charge is 0.484 e. The van der Waals surface area contributed by atoms with E-state index in [0.717, 1.165) is 31.9 Å². The Morgan fingerprint density at radius 2 is 1.76 bits per heavy atom. The van der Waals surface area contributed by atoms with Crippen molar-refractivity contribution in [1.29, 1.82) is 0 Å². The van der Waals surface area contributed by atoms with Crippen LogP contribution in [-0.4, -0.2) is 53.2 Å². The minimum absolute atomic E-state index is 0.305.